The average molecular weight is 400 g/mol. The van der Waals surface area contributed by atoms with Crippen LogP contribution in [-0.4, -0.2) is 14.8 Å². The normalized spacial score (nSPS) is 11.0. The Kier molecular flexibility index (Phi) is 5.54. The smallest absolute Gasteiger partial charge is 0.196 e. The number of rotatable bonds is 5. The highest BCUT2D eigenvalue weighted by Gasteiger charge is 2.16. The maximum Gasteiger partial charge on any atom is 0.196 e. The van der Waals surface area contributed by atoms with Crippen molar-refractivity contribution < 1.29 is 0 Å². The molecule has 4 rings (SSSR count). The highest BCUT2D eigenvalue weighted by Crippen LogP contribution is 2.30. The van der Waals surface area contributed by atoms with Crippen LogP contribution in [0.4, 0.5) is 0 Å². The monoisotopic (exact) mass is 399 g/mol. The molecule has 146 valence electrons. The van der Waals surface area contributed by atoms with E-state index in [9.17, 15) is 0 Å². The van der Waals surface area contributed by atoms with Crippen molar-refractivity contribution in [3.05, 3.63) is 94.5 Å². The third-order valence-corrected chi connectivity index (χ3v) is 6.07. The Morgan fingerprint density at radius 2 is 1.34 bits per heavy atom. The number of aromatic nitrogens is 3. The minimum absolute atomic E-state index is 0.866. The van der Waals surface area contributed by atoms with Gasteiger partial charge in [0, 0.05) is 17.0 Å². The molecular weight excluding hydrogens is 374 g/mol. The molecule has 3 aromatic carbocycles. The summed E-state index contributed by atoms with van der Waals surface area (Å²) in [6, 6.07) is 23.6. The number of aryl methyl sites for hydroxylation is 4. The van der Waals surface area contributed by atoms with Crippen LogP contribution in [0, 0.1) is 27.7 Å². The summed E-state index contributed by atoms with van der Waals surface area (Å²) in [7, 11) is 0. The van der Waals surface area contributed by atoms with Crippen LogP contribution in [0.25, 0.3) is 17.1 Å². The van der Waals surface area contributed by atoms with Crippen molar-refractivity contribution in [2.45, 2.75) is 38.6 Å². The molecule has 29 heavy (non-hydrogen) atoms. The van der Waals surface area contributed by atoms with Gasteiger partial charge in [-0.3, -0.25) is 4.57 Å². The lowest BCUT2D eigenvalue weighted by Crippen LogP contribution is -2.00. The van der Waals surface area contributed by atoms with Crippen LogP contribution in [0.1, 0.15) is 27.8 Å². The molecule has 0 saturated carbocycles. The highest BCUT2D eigenvalue weighted by atomic mass is 32.2. The van der Waals surface area contributed by atoms with E-state index in [1.165, 1.54) is 27.8 Å². The predicted molar refractivity (Wildman–Crippen MR) is 122 cm³/mol. The van der Waals surface area contributed by atoms with Crippen molar-refractivity contribution >= 4 is 11.8 Å². The molecule has 0 atom stereocenters. The Morgan fingerprint density at radius 1 is 0.724 bits per heavy atom. The zero-order valence-corrected chi connectivity index (χ0v) is 18.1. The second kappa shape index (κ2) is 8.26. The largest absolute Gasteiger partial charge is 0.270 e. The molecule has 1 heterocycles. The molecule has 0 aliphatic heterocycles. The first-order valence-corrected chi connectivity index (χ1v) is 10.8. The van der Waals surface area contributed by atoms with E-state index >= 15 is 0 Å². The van der Waals surface area contributed by atoms with Crippen molar-refractivity contribution in [2.24, 2.45) is 0 Å². The van der Waals surface area contributed by atoms with Gasteiger partial charge in [-0.25, -0.2) is 0 Å². The Hall–Kier alpha value is -2.85. The SMILES string of the molecule is Cc1ccc(-c2nnc(SCc3cc(C)ccc3C)n2-c2ccc(C)cc2)cc1. The summed E-state index contributed by atoms with van der Waals surface area (Å²) < 4.78 is 2.17. The topological polar surface area (TPSA) is 30.7 Å². The summed E-state index contributed by atoms with van der Waals surface area (Å²) >= 11 is 1.73. The van der Waals surface area contributed by atoms with Crippen molar-refractivity contribution in [3.8, 4) is 17.1 Å². The van der Waals surface area contributed by atoms with Gasteiger partial charge in [-0.1, -0.05) is 83.0 Å². The van der Waals surface area contributed by atoms with Gasteiger partial charge in [-0.15, -0.1) is 10.2 Å². The average Bonchev–Trinajstić information content (AvgIpc) is 3.14. The van der Waals surface area contributed by atoms with Crippen LogP contribution in [0.15, 0.2) is 71.9 Å². The maximum absolute atomic E-state index is 4.56. The van der Waals surface area contributed by atoms with E-state index in [0.717, 1.165) is 28.0 Å². The van der Waals surface area contributed by atoms with Gasteiger partial charge >= 0.3 is 0 Å². The lowest BCUT2D eigenvalue weighted by molar-refractivity contribution is 0.885. The van der Waals surface area contributed by atoms with Gasteiger partial charge in [-0.05, 0) is 51.0 Å². The molecule has 0 spiro atoms. The van der Waals surface area contributed by atoms with Crippen LogP contribution in [-0.2, 0) is 5.75 Å². The summed E-state index contributed by atoms with van der Waals surface area (Å²) in [5.41, 5.74) is 8.56. The third-order valence-electron chi connectivity index (χ3n) is 5.10. The quantitative estimate of drug-likeness (QED) is 0.361. The van der Waals surface area contributed by atoms with E-state index in [0.29, 0.717) is 0 Å². The molecule has 0 saturated heterocycles. The van der Waals surface area contributed by atoms with Gasteiger partial charge in [0.2, 0.25) is 0 Å². The zero-order valence-electron chi connectivity index (χ0n) is 17.3. The molecule has 0 amide bonds. The second-order valence-electron chi connectivity index (χ2n) is 7.56. The molecule has 0 bridgehead atoms. The summed E-state index contributed by atoms with van der Waals surface area (Å²) in [4.78, 5) is 0. The van der Waals surface area contributed by atoms with Crippen LogP contribution in [0.2, 0.25) is 0 Å². The van der Waals surface area contributed by atoms with E-state index in [-0.39, 0.29) is 0 Å². The van der Waals surface area contributed by atoms with E-state index in [2.05, 4.69) is 109 Å². The molecule has 3 nitrogen and oxygen atoms in total. The minimum Gasteiger partial charge on any atom is -0.270 e. The predicted octanol–water partition coefficient (Wildman–Crippen LogP) is 6.46. The second-order valence-corrected chi connectivity index (χ2v) is 8.50. The number of nitrogens with zero attached hydrogens (tertiary/aromatic N) is 3. The molecule has 0 unspecified atom stereocenters. The molecule has 1 aromatic heterocycles. The molecular formula is C25H25N3S. The third kappa shape index (κ3) is 4.28. The van der Waals surface area contributed by atoms with Crippen LogP contribution in [0.3, 0.4) is 0 Å². The first-order chi connectivity index (χ1) is 14.0. The molecule has 0 N–H and O–H groups in total. The number of benzene rings is 3. The summed E-state index contributed by atoms with van der Waals surface area (Å²) in [5.74, 6) is 1.74. The van der Waals surface area contributed by atoms with Gasteiger partial charge in [-0.2, -0.15) is 0 Å². The van der Waals surface area contributed by atoms with E-state index in [1.54, 1.807) is 11.8 Å². The zero-order chi connectivity index (χ0) is 20.4. The van der Waals surface area contributed by atoms with E-state index in [4.69, 9.17) is 0 Å². The number of hydrogen-bond donors (Lipinski definition) is 0. The first-order valence-electron chi connectivity index (χ1n) is 9.80. The highest BCUT2D eigenvalue weighted by molar-refractivity contribution is 7.98. The molecule has 0 fully saturated rings. The Balaban J connectivity index is 1.74. The first kappa shape index (κ1) is 19.5. The van der Waals surface area contributed by atoms with Crippen molar-refractivity contribution in [1.29, 1.82) is 0 Å². The molecule has 0 radical (unpaired) electrons. The van der Waals surface area contributed by atoms with Gasteiger partial charge in [0.15, 0.2) is 11.0 Å². The van der Waals surface area contributed by atoms with Crippen LogP contribution >= 0.6 is 11.8 Å². The molecule has 0 aliphatic rings. The van der Waals surface area contributed by atoms with Crippen LogP contribution < -0.4 is 0 Å². The van der Waals surface area contributed by atoms with Gasteiger partial charge in [0.25, 0.3) is 0 Å². The van der Waals surface area contributed by atoms with Crippen molar-refractivity contribution in [3.63, 3.8) is 0 Å². The fourth-order valence-electron chi connectivity index (χ4n) is 3.28. The standard InChI is InChI=1S/C25H25N3S/c1-17-6-11-21(12-7-17)24-26-27-25(28(24)23-13-8-18(2)9-14-23)29-16-22-15-19(3)5-10-20(22)4/h5-15H,16H2,1-4H3. The minimum atomic E-state index is 0.866. The van der Waals surface area contributed by atoms with E-state index < -0.39 is 0 Å². The Morgan fingerprint density at radius 3 is 2.03 bits per heavy atom. The lowest BCUT2D eigenvalue weighted by atomic mass is 10.1. The number of thioether (sulfide) groups is 1. The maximum atomic E-state index is 4.56. The molecule has 0 aliphatic carbocycles. The van der Waals surface area contributed by atoms with Crippen LogP contribution in [0.5, 0.6) is 0 Å². The summed E-state index contributed by atoms with van der Waals surface area (Å²) in [5, 5.41) is 10.0. The van der Waals surface area contributed by atoms with Gasteiger partial charge in [0.1, 0.15) is 0 Å². The van der Waals surface area contributed by atoms with E-state index in [1.807, 2.05) is 0 Å². The fraction of sp³-hybridized carbons (Fsp3) is 0.200. The fourth-order valence-corrected chi connectivity index (χ4v) is 4.29. The van der Waals surface area contributed by atoms with Crippen molar-refractivity contribution in [1.82, 2.24) is 14.8 Å². The number of hydrogen-bond acceptors (Lipinski definition) is 3. The van der Waals surface area contributed by atoms with Gasteiger partial charge in [0.05, 0.1) is 0 Å². The van der Waals surface area contributed by atoms with Crippen molar-refractivity contribution in [2.75, 3.05) is 0 Å². The molecule has 4 aromatic rings. The van der Waals surface area contributed by atoms with Gasteiger partial charge < -0.3 is 0 Å². The lowest BCUT2D eigenvalue weighted by Gasteiger charge is -2.12. The summed E-state index contributed by atoms with van der Waals surface area (Å²) in [6.45, 7) is 8.50. The Labute approximate surface area is 176 Å². The molecule has 4 heteroatoms. The Bertz CT molecular complexity index is 1130. The summed E-state index contributed by atoms with van der Waals surface area (Å²) in [6.07, 6.45) is 0.